The number of rotatable bonds is 5. The smallest absolute Gasteiger partial charge is 0.235 e. The minimum absolute atomic E-state index is 0.0437. The largest absolute Gasteiger partial charge is 0.340 e. The van der Waals surface area contributed by atoms with Gasteiger partial charge in [0.2, 0.25) is 5.91 Å². The molecule has 0 saturated heterocycles. The Labute approximate surface area is 139 Å². The van der Waals surface area contributed by atoms with Gasteiger partial charge in [0.25, 0.3) is 0 Å². The first-order valence-electron chi connectivity index (χ1n) is 6.77. The van der Waals surface area contributed by atoms with E-state index < -0.39 is 0 Å². The predicted octanol–water partition coefficient (Wildman–Crippen LogP) is 3.95. The molecule has 21 heavy (non-hydrogen) atoms. The Morgan fingerprint density at radius 2 is 1.81 bits per heavy atom. The van der Waals surface area contributed by atoms with Gasteiger partial charge in [-0.3, -0.25) is 4.79 Å². The van der Waals surface area contributed by atoms with Crippen LogP contribution in [0, 0.1) is 0 Å². The standard InChI is InChI=1S/C17H18BrNOS/c1-19(12-14-8-5-9-15(18)10-14)17(20)16(21)11-13-6-3-2-4-7-13/h2-10,16,21H,11-12H2,1H3. The molecule has 0 heterocycles. The number of thiol groups is 1. The van der Waals surface area contributed by atoms with Crippen LogP contribution in [0.3, 0.4) is 0 Å². The van der Waals surface area contributed by atoms with Crippen LogP contribution in [0.4, 0.5) is 0 Å². The molecule has 2 aromatic rings. The third kappa shape index (κ3) is 4.90. The van der Waals surface area contributed by atoms with Gasteiger partial charge in [-0.2, -0.15) is 12.6 Å². The molecule has 0 spiro atoms. The summed E-state index contributed by atoms with van der Waals surface area (Å²) in [4.78, 5) is 14.1. The molecule has 1 amide bonds. The number of benzene rings is 2. The molecule has 2 nitrogen and oxygen atoms in total. The molecule has 2 aromatic carbocycles. The molecular weight excluding hydrogens is 346 g/mol. The Morgan fingerprint density at radius 1 is 1.14 bits per heavy atom. The Balaban J connectivity index is 1.95. The van der Waals surface area contributed by atoms with Crippen molar-refractivity contribution in [3.05, 3.63) is 70.2 Å². The highest BCUT2D eigenvalue weighted by Gasteiger charge is 2.18. The second kappa shape index (κ2) is 7.66. The van der Waals surface area contributed by atoms with E-state index in [0.717, 1.165) is 15.6 Å². The molecule has 0 aliphatic heterocycles. The maximum atomic E-state index is 12.4. The van der Waals surface area contributed by atoms with Gasteiger partial charge in [-0.1, -0.05) is 58.4 Å². The van der Waals surface area contributed by atoms with Crippen LogP contribution in [0.5, 0.6) is 0 Å². The zero-order valence-electron chi connectivity index (χ0n) is 11.9. The molecule has 0 bridgehead atoms. The number of nitrogens with zero attached hydrogens (tertiary/aromatic N) is 1. The summed E-state index contributed by atoms with van der Waals surface area (Å²) in [7, 11) is 1.82. The number of halogens is 1. The van der Waals surface area contributed by atoms with Gasteiger partial charge in [0.05, 0.1) is 5.25 Å². The van der Waals surface area contributed by atoms with E-state index in [2.05, 4.69) is 28.6 Å². The van der Waals surface area contributed by atoms with Gasteiger partial charge < -0.3 is 4.90 Å². The van der Waals surface area contributed by atoms with Crippen molar-refractivity contribution >= 4 is 34.5 Å². The van der Waals surface area contributed by atoms with Crippen molar-refractivity contribution < 1.29 is 4.79 Å². The Morgan fingerprint density at radius 3 is 2.48 bits per heavy atom. The topological polar surface area (TPSA) is 20.3 Å². The number of hydrogen-bond donors (Lipinski definition) is 1. The molecule has 110 valence electrons. The molecule has 0 aromatic heterocycles. The zero-order chi connectivity index (χ0) is 15.2. The van der Waals surface area contributed by atoms with E-state index in [1.165, 1.54) is 0 Å². The van der Waals surface area contributed by atoms with Gasteiger partial charge in [0, 0.05) is 18.1 Å². The predicted molar refractivity (Wildman–Crippen MR) is 93.5 cm³/mol. The van der Waals surface area contributed by atoms with Crippen LogP contribution < -0.4 is 0 Å². The quantitative estimate of drug-likeness (QED) is 0.797. The van der Waals surface area contributed by atoms with Crippen molar-refractivity contribution in [2.24, 2.45) is 0 Å². The summed E-state index contributed by atoms with van der Waals surface area (Å²) in [6.45, 7) is 0.587. The van der Waals surface area contributed by atoms with Gasteiger partial charge >= 0.3 is 0 Å². The van der Waals surface area contributed by atoms with Crippen molar-refractivity contribution in [1.82, 2.24) is 4.90 Å². The summed E-state index contributed by atoms with van der Waals surface area (Å²) in [5, 5.41) is -0.315. The lowest BCUT2D eigenvalue weighted by Gasteiger charge is -2.21. The van der Waals surface area contributed by atoms with Crippen molar-refractivity contribution in [3.63, 3.8) is 0 Å². The average Bonchev–Trinajstić information content (AvgIpc) is 2.47. The van der Waals surface area contributed by atoms with Crippen molar-refractivity contribution in [1.29, 1.82) is 0 Å². The average molecular weight is 364 g/mol. The number of carbonyl (C=O) groups is 1. The van der Waals surface area contributed by atoms with Crippen LogP contribution in [-0.4, -0.2) is 23.1 Å². The maximum absolute atomic E-state index is 12.4. The summed E-state index contributed by atoms with van der Waals surface area (Å²) in [5.41, 5.74) is 2.22. The van der Waals surface area contributed by atoms with E-state index in [4.69, 9.17) is 0 Å². The summed E-state index contributed by atoms with van der Waals surface area (Å²) >= 11 is 7.91. The number of carbonyl (C=O) groups excluding carboxylic acids is 1. The molecule has 0 radical (unpaired) electrons. The second-order valence-electron chi connectivity index (χ2n) is 5.03. The SMILES string of the molecule is CN(Cc1cccc(Br)c1)C(=O)C(S)Cc1ccccc1. The van der Waals surface area contributed by atoms with Crippen LogP contribution >= 0.6 is 28.6 Å². The molecule has 1 atom stereocenters. The fourth-order valence-electron chi connectivity index (χ4n) is 2.17. The lowest BCUT2D eigenvalue weighted by atomic mass is 10.1. The van der Waals surface area contributed by atoms with Crippen molar-refractivity contribution in [2.45, 2.75) is 18.2 Å². The van der Waals surface area contributed by atoms with Crippen LogP contribution in [0.1, 0.15) is 11.1 Å². The minimum atomic E-state index is -0.315. The van der Waals surface area contributed by atoms with Gasteiger partial charge in [-0.15, -0.1) is 0 Å². The third-order valence-corrected chi connectivity index (χ3v) is 4.14. The fourth-order valence-corrected chi connectivity index (χ4v) is 3.02. The van der Waals surface area contributed by atoms with Crippen molar-refractivity contribution in [3.8, 4) is 0 Å². The summed E-state index contributed by atoms with van der Waals surface area (Å²) in [5.74, 6) is 0.0437. The molecular formula is C17H18BrNOS. The first-order chi connectivity index (χ1) is 10.1. The van der Waals surface area contributed by atoms with Gasteiger partial charge in [0.1, 0.15) is 0 Å². The molecule has 0 fully saturated rings. The molecule has 2 rings (SSSR count). The zero-order valence-corrected chi connectivity index (χ0v) is 14.3. The van der Waals surface area contributed by atoms with Crippen molar-refractivity contribution in [2.75, 3.05) is 7.05 Å². The number of hydrogen-bond acceptors (Lipinski definition) is 2. The molecule has 0 aliphatic rings. The minimum Gasteiger partial charge on any atom is -0.340 e. The van der Waals surface area contributed by atoms with E-state index >= 15 is 0 Å². The highest BCUT2D eigenvalue weighted by molar-refractivity contribution is 9.10. The third-order valence-electron chi connectivity index (χ3n) is 3.24. The molecule has 0 aliphatic carbocycles. The molecule has 0 saturated carbocycles. The molecule has 4 heteroatoms. The maximum Gasteiger partial charge on any atom is 0.235 e. The summed E-state index contributed by atoms with van der Waals surface area (Å²) < 4.78 is 1.02. The van der Waals surface area contributed by atoms with Crippen LogP contribution in [0.25, 0.3) is 0 Å². The summed E-state index contributed by atoms with van der Waals surface area (Å²) in [6, 6.07) is 17.9. The van der Waals surface area contributed by atoms with E-state index in [0.29, 0.717) is 13.0 Å². The van der Waals surface area contributed by atoms with E-state index in [1.54, 1.807) is 4.90 Å². The Hall–Kier alpha value is -1.26. The fraction of sp³-hybridized carbons (Fsp3) is 0.235. The number of amides is 1. The summed E-state index contributed by atoms with van der Waals surface area (Å²) in [6.07, 6.45) is 0.644. The van der Waals surface area contributed by atoms with Gasteiger partial charge in [-0.25, -0.2) is 0 Å². The lowest BCUT2D eigenvalue weighted by Crippen LogP contribution is -2.34. The van der Waals surface area contributed by atoms with E-state index in [9.17, 15) is 4.79 Å². The monoisotopic (exact) mass is 363 g/mol. The Bertz CT molecular complexity index is 603. The first kappa shape index (κ1) is 16.1. The van der Waals surface area contributed by atoms with Gasteiger partial charge in [0.15, 0.2) is 0 Å². The van der Waals surface area contributed by atoms with E-state index in [-0.39, 0.29) is 11.2 Å². The van der Waals surface area contributed by atoms with Crippen LogP contribution in [-0.2, 0) is 17.8 Å². The Kier molecular flexibility index (Phi) is 5.88. The molecule has 0 N–H and O–H groups in total. The molecule has 1 unspecified atom stereocenters. The highest BCUT2D eigenvalue weighted by atomic mass is 79.9. The van der Waals surface area contributed by atoms with Crippen LogP contribution in [0.2, 0.25) is 0 Å². The lowest BCUT2D eigenvalue weighted by molar-refractivity contribution is -0.129. The normalized spacial score (nSPS) is 12.0. The second-order valence-corrected chi connectivity index (χ2v) is 6.57. The highest BCUT2D eigenvalue weighted by Crippen LogP contribution is 2.15. The van der Waals surface area contributed by atoms with Crippen LogP contribution in [0.15, 0.2) is 59.1 Å². The van der Waals surface area contributed by atoms with E-state index in [1.807, 2.05) is 61.6 Å². The first-order valence-corrected chi connectivity index (χ1v) is 8.08. The van der Waals surface area contributed by atoms with Gasteiger partial charge in [-0.05, 0) is 29.7 Å².